The fourth-order valence-electron chi connectivity index (χ4n) is 2.51. The van der Waals surface area contributed by atoms with Crippen molar-refractivity contribution in [2.24, 2.45) is 7.05 Å². The van der Waals surface area contributed by atoms with E-state index in [1.165, 1.54) is 0 Å². The lowest BCUT2D eigenvalue weighted by Crippen LogP contribution is -2.02. The molecular weight excluding hydrogens is 292 g/mol. The molecule has 0 bridgehead atoms. The smallest absolute Gasteiger partial charge is 0.184 e. The van der Waals surface area contributed by atoms with Crippen molar-refractivity contribution < 1.29 is 0 Å². The standard InChI is InChI=1S/C14H15ClN4S/c1-4-10-12-13(18(3)17-10)19(14(20)16-12)11-7-9(15)6-5-8(11)2/h5-7H,4H2,1-3H3,(H,16,20). The molecule has 0 aliphatic rings. The first kappa shape index (κ1) is 13.4. The number of halogens is 1. The number of rotatable bonds is 2. The third-order valence-electron chi connectivity index (χ3n) is 3.48. The highest BCUT2D eigenvalue weighted by Gasteiger charge is 2.16. The van der Waals surface area contributed by atoms with E-state index in [1.807, 2.05) is 41.4 Å². The van der Waals surface area contributed by atoms with Gasteiger partial charge in [0.2, 0.25) is 0 Å². The van der Waals surface area contributed by atoms with Crippen molar-refractivity contribution in [3.63, 3.8) is 0 Å². The third-order valence-corrected chi connectivity index (χ3v) is 4.00. The molecule has 0 spiro atoms. The monoisotopic (exact) mass is 306 g/mol. The second-order valence-electron chi connectivity index (χ2n) is 4.82. The minimum atomic E-state index is 0.660. The summed E-state index contributed by atoms with van der Waals surface area (Å²) >= 11 is 11.6. The van der Waals surface area contributed by atoms with Crippen LogP contribution in [0.4, 0.5) is 0 Å². The summed E-state index contributed by atoms with van der Waals surface area (Å²) in [6, 6.07) is 5.81. The quantitative estimate of drug-likeness (QED) is 0.728. The maximum Gasteiger partial charge on any atom is 0.184 e. The summed E-state index contributed by atoms with van der Waals surface area (Å²) in [5.74, 6) is 0. The largest absolute Gasteiger partial charge is 0.327 e. The predicted molar refractivity (Wildman–Crippen MR) is 84.4 cm³/mol. The number of aryl methyl sites for hydroxylation is 3. The van der Waals surface area contributed by atoms with Gasteiger partial charge < -0.3 is 4.98 Å². The molecular formula is C14H15ClN4S. The summed E-state index contributed by atoms with van der Waals surface area (Å²) < 4.78 is 4.52. The van der Waals surface area contributed by atoms with E-state index in [9.17, 15) is 0 Å². The molecule has 0 amide bonds. The number of aromatic nitrogens is 4. The fourth-order valence-corrected chi connectivity index (χ4v) is 2.96. The van der Waals surface area contributed by atoms with Gasteiger partial charge in [0.05, 0.1) is 11.4 Å². The molecule has 0 aliphatic carbocycles. The van der Waals surface area contributed by atoms with Gasteiger partial charge in [-0.1, -0.05) is 24.6 Å². The summed E-state index contributed by atoms with van der Waals surface area (Å²) in [6.07, 6.45) is 0.862. The molecule has 0 fully saturated rings. The molecule has 3 rings (SSSR count). The second-order valence-corrected chi connectivity index (χ2v) is 5.64. The van der Waals surface area contributed by atoms with Crippen molar-refractivity contribution in [2.45, 2.75) is 20.3 Å². The SMILES string of the molecule is CCc1nn(C)c2c1[nH]c(=S)n2-c1cc(Cl)ccc1C. The van der Waals surface area contributed by atoms with E-state index in [2.05, 4.69) is 17.0 Å². The van der Waals surface area contributed by atoms with Crippen LogP contribution in [-0.2, 0) is 13.5 Å². The molecule has 2 aromatic heterocycles. The zero-order valence-corrected chi connectivity index (χ0v) is 13.1. The molecule has 6 heteroatoms. The van der Waals surface area contributed by atoms with Crippen LogP contribution in [0.5, 0.6) is 0 Å². The topological polar surface area (TPSA) is 38.5 Å². The van der Waals surface area contributed by atoms with Crippen LogP contribution in [0.25, 0.3) is 16.9 Å². The van der Waals surface area contributed by atoms with Gasteiger partial charge in [0.15, 0.2) is 10.4 Å². The summed E-state index contributed by atoms with van der Waals surface area (Å²) in [4.78, 5) is 3.26. The summed E-state index contributed by atoms with van der Waals surface area (Å²) in [5.41, 5.74) is 5.09. The fraction of sp³-hybridized carbons (Fsp3) is 0.286. The van der Waals surface area contributed by atoms with Crippen molar-refractivity contribution >= 4 is 35.0 Å². The van der Waals surface area contributed by atoms with Crippen LogP contribution in [0, 0.1) is 11.7 Å². The highest BCUT2D eigenvalue weighted by Crippen LogP contribution is 2.26. The van der Waals surface area contributed by atoms with Crippen molar-refractivity contribution in [2.75, 3.05) is 0 Å². The summed E-state index contributed by atoms with van der Waals surface area (Å²) in [6.45, 7) is 4.13. The van der Waals surface area contributed by atoms with Gasteiger partial charge in [-0.15, -0.1) is 0 Å². The predicted octanol–water partition coefficient (Wildman–Crippen LogP) is 3.95. The van der Waals surface area contributed by atoms with Crippen molar-refractivity contribution in [1.82, 2.24) is 19.3 Å². The minimum absolute atomic E-state index is 0.660. The molecule has 104 valence electrons. The number of H-pyrrole nitrogens is 1. The van der Waals surface area contributed by atoms with Crippen LogP contribution >= 0.6 is 23.8 Å². The highest BCUT2D eigenvalue weighted by atomic mass is 35.5. The van der Waals surface area contributed by atoms with Crippen molar-refractivity contribution in [1.29, 1.82) is 0 Å². The average Bonchev–Trinajstić information content (AvgIpc) is 2.90. The van der Waals surface area contributed by atoms with Gasteiger partial charge in [-0.3, -0.25) is 4.57 Å². The van der Waals surface area contributed by atoms with E-state index in [0.717, 1.165) is 34.5 Å². The minimum Gasteiger partial charge on any atom is -0.327 e. The average molecular weight is 307 g/mol. The molecule has 3 aromatic rings. The number of imidazole rings is 1. The van der Waals surface area contributed by atoms with E-state index in [-0.39, 0.29) is 0 Å². The molecule has 2 heterocycles. The molecule has 0 saturated carbocycles. The molecule has 0 saturated heterocycles. The molecule has 0 radical (unpaired) electrons. The number of nitrogens with zero attached hydrogens (tertiary/aromatic N) is 3. The summed E-state index contributed by atoms with van der Waals surface area (Å²) in [7, 11) is 1.93. The zero-order chi connectivity index (χ0) is 14.4. The van der Waals surface area contributed by atoms with Crippen LogP contribution < -0.4 is 0 Å². The third kappa shape index (κ3) is 1.89. The van der Waals surface area contributed by atoms with Gasteiger partial charge in [0, 0.05) is 12.1 Å². The lowest BCUT2D eigenvalue weighted by molar-refractivity contribution is 0.748. The normalized spacial score (nSPS) is 11.4. The van der Waals surface area contributed by atoms with E-state index >= 15 is 0 Å². The lowest BCUT2D eigenvalue weighted by Gasteiger charge is -2.09. The van der Waals surface area contributed by atoms with Crippen LogP contribution in [0.2, 0.25) is 5.02 Å². The summed E-state index contributed by atoms with van der Waals surface area (Å²) in [5, 5.41) is 5.23. The molecule has 1 N–H and O–H groups in total. The Bertz CT molecular complexity index is 856. The van der Waals surface area contributed by atoms with Gasteiger partial charge in [-0.25, -0.2) is 4.68 Å². The number of hydrogen-bond donors (Lipinski definition) is 1. The van der Waals surface area contributed by atoms with E-state index in [4.69, 9.17) is 23.8 Å². The van der Waals surface area contributed by atoms with Crippen molar-refractivity contribution in [3.8, 4) is 5.69 Å². The van der Waals surface area contributed by atoms with Gasteiger partial charge in [0.1, 0.15) is 5.52 Å². The van der Waals surface area contributed by atoms with E-state index < -0.39 is 0 Å². The van der Waals surface area contributed by atoms with Gasteiger partial charge in [-0.05, 0) is 43.3 Å². The molecule has 0 atom stereocenters. The number of benzene rings is 1. The second kappa shape index (κ2) is 4.75. The Morgan fingerprint density at radius 1 is 1.40 bits per heavy atom. The van der Waals surface area contributed by atoms with Crippen LogP contribution in [0.1, 0.15) is 18.2 Å². The number of fused-ring (bicyclic) bond motifs is 1. The number of aromatic amines is 1. The molecule has 20 heavy (non-hydrogen) atoms. The van der Waals surface area contributed by atoms with Crippen LogP contribution in [-0.4, -0.2) is 19.3 Å². The maximum atomic E-state index is 6.13. The van der Waals surface area contributed by atoms with E-state index in [0.29, 0.717) is 9.79 Å². The maximum absolute atomic E-state index is 6.13. The van der Waals surface area contributed by atoms with Gasteiger partial charge in [0.25, 0.3) is 0 Å². The Hall–Kier alpha value is -1.59. The Balaban J connectivity index is 2.42. The van der Waals surface area contributed by atoms with Gasteiger partial charge in [-0.2, -0.15) is 5.10 Å². The first-order valence-corrected chi connectivity index (χ1v) is 7.24. The molecule has 4 nitrogen and oxygen atoms in total. The highest BCUT2D eigenvalue weighted by molar-refractivity contribution is 7.71. The Morgan fingerprint density at radius 3 is 2.85 bits per heavy atom. The van der Waals surface area contributed by atoms with Crippen molar-refractivity contribution in [3.05, 3.63) is 39.3 Å². The Morgan fingerprint density at radius 2 is 2.15 bits per heavy atom. The number of hydrogen-bond acceptors (Lipinski definition) is 2. The molecule has 1 aromatic carbocycles. The van der Waals surface area contributed by atoms with Gasteiger partial charge >= 0.3 is 0 Å². The molecule has 0 unspecified atom stereocenters. The number of nitrogens with one attached hydrogen (secondary N) is 1. The Labute approximate surface area is 127 Å². The zero-order valence-electron chi connectivity index (χ0n) is 11.6. The lowest BCUT2D eigenvalue weighted by atomic mass is 10.2. The van der Waals surface area contributed by atoms with E-state index in [1.54, 1.807) is 0 Å². The van der Waals surface area contributed by atoms with Crippen LogP contribution in [0.15, 0.2) is 18.2 Å². The van der Waals surface area contributed by atoms with Crippen LogP contribution in [0.3, 0.4) is 0 Å². The Kier molecular flexibility index (Phi) is 3.18. The first-order valence-electron chi connectivity index (χ1n) is 6.46. The molecule has 0 aliphatic heterocycles. The first-order chi connectivity index (χ1) is 9.52.